The van der Waals surface area contributed by atoms with Crippen molar-refractivity contribution in [2.45, 2.75) is 23.5 Å². The minimum Gasteiger partial charge on any atom is -0.378 e. The summed E-state index contributed by atoms with van der Waals surface area (Å²) in [5.74, 6) is -0.901. The second kappa shape index (κ2) is 9.33. The number of anilines is 1. The van der Waals surface area contributed by atoms with Crippen molar-refractivity contribution in [3.8, 4) is 17.2 Å². The van der Waals surface area contributed by atoms with E-state index >= 15 is 0 Å². The van der Waals surface area contributed by atoms with Crippen molar-refractivity contribution >= 4 is 45.1 Å². The molecule has 0 bridgehead atoms. The lowest BCUT2D eigenvalue weighted by molar-refractivity contribution is -0.133. The van der Waals surface area contributed by atoms with Crippen LogP contribution in [0.25, 0.3) is 22.0 Å². The van der Waals surface area contributed by atoms with Crippen LogP contribution in [0.2, 0.25) is 0 Å². The predicted molar refractivity (Wildman–Crippen MR) is 135 cm³/mol. The molecule has 0 fully saturated rings. The first-order valence-electron chi connectivity index (χ1n) is 10.3. The largest absolute Gasteiger partial charge is 0.378 e. The average Bonchev–Trinajstić information content (AvgIpc) is 3.19. The molecule has 1 atom stereocenters. The first-order valence-corrected chi connectivity index (χ1v) is 11.8. The van der Waals surface area contributed by atoms with Gasteiger partial charge in [0.25, 0.3) is 5.91 Å². The van der Waals surface area contributed by atoms with Gasteiger partial charge in [-0.2, -0.15) is 5.26 Å². The molecule has 1 aromatic heterocycles. The highest BCUT2D eigenvalue weighted by Gasteiger charge is 2.31. The van der Waals surface area contributed by atoms with E-state index in [9.17, 15) is 19.6 Å². The molecule has 0 saturated carbocycles. The van der Waals surface area contributed by atoms with E-state index < -0.39 is 11.5 Å². The van der Waals surface area contributed by atoms with Crippen molar-refractivity contribution in [2.24, 2.45) is 0 Å². The maximum absolute atomic E-state index is 14.7. The number of aliphatic hydroxyl groups is 1. The summed E-state index contributed by atoms with van der Waals surface area (Å²) in [4.78, 5) is 12.9. The van der Waals surface area contributed by atoms with Gasteiger partial charge in [-0.15, -0.1) is 0 Å². The molecule has 0 radical (unpaired) electrons. The predicted octanol–water partition coefficient (Wildman–Crippen LogP) is 5.64. The van der Waals surface area contributed by atoms with E-state index in [2.05, 4.69) is 34.0 Å². The summed E-state index contributed by atoms with van der Waals surface area (Å²) in [5.41, 5.74) is 2.06. The van der Waals surface area contributed by atoms with E-state index in [1.807, 2.05) is 30.3 Å². The summed E-state index contributed by atoms with van der Waals surface area (Å²) in [6.45, 7) is 1.43. The number of carbonyl (C=O) groups is 1. The Morgan fingerprint density at radius 3 is 2.64 bits per heavy atom. The smallest absolute Gasteiger partial charge is 0.257 e. The lowest BCUT2D eigenvalue weighted by atomic mass is 10.0. The number of aromatic nitrogens is 1. The van der Waals surface area contributed by atoms with Crippen LogP contribution in [0.5, 0.6) is 0 Å². The fourth-order valence-corrected chi connectivity index (χ4v) is 4.38. The first-order chi connectivity index (χ1) is 15.8. The van der Waals surface area contributed by atoms with Crippen molar-refractivity contribution < 1.29 is 14.3 Å². The zero-order chi connectivity index (χ0) is 23.6. The molecule has 1 heterocycles. The van der Waals surface area contributed by atoms with Gasteiger partial charge in [0.15, 0.2) is 5.60 Å². The molecule has 33 heavy (non-hydrogen) atoms. The number of benzene rings is 3. The van der Waals surface area contributed by atoms with Gasteiger partial charge in [-0.05, 0) is 54.4 Å². The standard InChI is InChI=1S/C26H21FIN3O2/c1-26(33,25(32)30-21-8-7-19(15-29)20(11-21)14-28)16-31-10-9-18-12-23(27)22(13-24(18)31)17-5-3-2-4-6-17/h2-13,33H,14,16H2,1H3,(H,30,32)/t26-/m0/s1. The first kappa shape index (κ1) is 23.0. The topological polar surface area (TPSA) is 78.1 Å². The molecular formula is C26H21FIN3O2. The molecule has 0 aliphatic rings. The van der Waals surface area contributed by atoms with Gasteiger partial charge in [-0.3, -0.25) is 4.79 Å². The minimum atomic E-state index is -1.73. The minimum absolute atomic E-state index is 0.0163. The molecule has 2 N–H and O–H groups in total. The number of nitriles is 1. The van der Waals surface area contributed by atoms with E-state index in [-0.39, 0.29) is 12.4 Å². The number of alkyl halides is 1. The van der Waals surface area contributed by atoms with Crippen molar-refractivity contribution in [3.05, 3.63) is 89.9 Å². The van der Waals surface area contributed by atoms with Crippen LogP contribution in [0, 0.1) is 17.1 Å². The highest BCUT2D eigenvalue weighted by atomic mass is 127. The van der Waals surface area contributed by atoms with E-state index in [1.165, 1.54) is 13.0 Å². The number of fused-ring (bicyclic) bond motifs is 1. The van der Waals surface area contributed by atoms with Crippen molar-refractivity contribution in [3.63, 3.8) is 0 Å². The third-order valence-electron chi connectivity index (χ3n) is 5.54. The summed E-state index contributed by atoms with van der Waals surface area (Å²) >= 11 is 2.16. The van der Waals surface area contributed by atoms with Crippen LogP contribution in [0.4, 0.5) is 10.1 Å². The van der Waals surface area contributed by atoms with E-state index in [4.69, 9.17) is 0 Å². The molecule has 5 nitrogen and oxygen atoms in total. The van der Waals surface area contributed by atoms with Gasteiger partial charge in [0.2, 0.25) is 0 Å². The number of hydrogen-bond donors (Lipinski definition) is 2. The third-order valence-corrected chi connectivity index (χ3v) is 6.36. The lowest BCUT2D eigenvalue weighted by Crippen LogP contribution is -2.43. The van der Waals surface area contributed by atoms with Gasteiger partial charge in [-0.1, -0.05) is 52.9 Å². The second-order valence-corrected chi connectivity index (χ2v) is 8.81. The number of nitrogens with zero attached hydrogens (tertiary/aromatic N) is 2. The highest BCUT2D eigenvalue weighted by molar-refractivity contribution is 14.1. The number of amides is 1. The van der Waals surface area contributed by atoms with Gasteiger partial charge in [0.1, 0.15) is 5.82 Å². The average molecular weight is 553 g/mol. The van der Waals surface area contributed by atoms with Crippen LogP contribution in [0.3, 0.4) is 0 Å². The monoisotopic (exact) mass is 553 g/mol. The molecule has 1 amide bonds. The number of nitrogens with one attached hydrogen (secondary N) is 1. The quantitative estimate of drug-likeness (QED) is 0.240. The summed E-state index contributed by atoms with van der Waals surface area (Å²) in [7, 11) is 0. The van der Waals surface area contributed by atoms with Crippen molar-refractivity contribution in [1.29, 1.82) is 5.26 Å². The lowest BCUT2D eigenvalue weighted by Gasteiger charge is -2.24. The van der Waals surface area contributed by atoms with Crippen LogP contribution in [-0.2, 0) is 15.8 Å². The zero-order valence-electron chi connectivity index (χ0n) is 17.8. The molecule has 0 aliphatic carbocycles. The van der Waals surface area contributed by atoms with Crippen molar-refractivity contribution in [2.75, 3.05) is 5.32 Å². The number of halogens is 2. The molecule has 0 unspecified atom stereocenters. The fraction of sp³-hybridized carbons (Fsp3) is 0.154. The summed E-state index contributed by atoms with van der Waals surface area (Å²) in [6.07, 6.45) is 1.73. The van der Waals surface area contributed by atoms with E-state index in [0.717, 1.165) is 11.1 Å². The molecule has 0 aliphatic heterocycles. The Labute approximate surface area is 204 Å². The number of hydrogen-bond acceptors (Lipinski definition) is 3. The van der Waals surface area contributed by atoms with Gasteiger partial charge >= 0.3 is 0 Å². The zero-order valence-corrected chi connectivity index (χ0v) is 20.0. The van der Waals surface area contributed by atoms with Crippen LogP contribution in [-0.4, -0.2) is 21.2 Å². The Kier molecular flexibility index (Phi) is 6.49. The van der Waals surface area contributed by atoms with E-state index in [0.29, 0.717) is 32.1 Å². The maximum atomic E-state index is 14.7. The Bertz CT molecular complexity index is 1370. The summed E-state index contributed by atoms with van der Waals surface area (Å²) in [5, 5.41) is 23.6. The van der Waals surface area contributed by atoms with Crippen molar-refractivity contribution in [1.82, 2.24) is 4.57 Å². The second-order valence-electron chi connectivity index (χ2n) is 8.05. The SMILES string of the molecule is C[C@](O)(Cn1ccc2cc(F)c(-c3ccccc3)cc21)C(=O)Nc1ccc(C#N)c(CI)c1. The summed E-state index contributed by atoms with van der Waals surface area (Å²) < 4.78 is 17.1. The van der Waals surface area contributed by atoms with Gasteiger partial charge < -0.3 is 15.0 Å². The summed E-state index contributed by atoms with van der Waals surface area (Å²) in [6, 6.07) is 21.3. The Morgan fingerprint density at radius 2 is 1.94 bits per heavy atom. The molecule has 7 heteroatoms. The maximum Gasteiger partial charge on any atom is 0.257 e. The normalized spacial score (nSPS) is 12.8. The van der Waals surface area contributed by atoms with Crippen LogP contribution >= 0.6 is 22.6 Å². The molecule has 3 aromatic carbocycles. The van der Waals surface area contributed by atoms with Gasteiger partial charge in [0, 0.05) is 32.8 Å². The molecule has 166 valence electrons. The number of rotatable bonds is 6. The molecule has 0 saturated heterocycles. The van der Waals surface area contributed by atoms with Gasteiger partial charge in [0.05, 0.1) is 18.2 Å². The van der Waals surface area contributed by atoms with Crippen LogP contribution in [0.1, 0.15) is 18.1 Å². The van der Waals surface area contributed by atoms with Crippen LogP contribution < -0.4 is 5.32 Å². The van der Waals surface area contributed by atoms with E-state index in [1.54, 1.807) is 41.1 Å². The number of carbonyl (C=O) groups excluding carboxylic acids is 1. The molecule has 0 spiro atoms. The van der Waals surface area contributed by atoms with Gasteiger partial charge in [-0.25, -0.2) is 4.39 Å². The Balaban J connectivity index is 1.60. The fourth-order valence-electron chi connectivity index (χ4n) is 3.75. The molecule has 4 aromatic rings. The Hall–Kier alpha value is -3.22. The third kappa shape index (κ3) is 4.77. The molecular weight excluding hydrogens is 532 g/mol. The molecule has 4 rings (SSSR count). The Morgan fingerprint density at radius 1 is 1.18 bits per heavy atom. The van der Waals surface area contributed by atoms with Crippen LogP contribution in [0.15, 0.2) is 72.9 Å². The highest BCUT2D eigenvalue weighted by Crippen LogP contribution is 2.29.